The van der Waals surface area contributed by atoms with Crippen molar-refractivity contribution in [3.63, 3.8) is 0 Å². The minimum Gasteiger partial charge on any atom is -0.348 e. The number of nitrogens with one attached hydrogen (secondary N) is 1. The van der Waals surface area contributed by atoms with Crippen molar-refractivity contribution in [2.24, 2.45) is 0 Å². The third kappa shape index (κ3) is 4.91. The molecule has 1 atom stereocenters. The van der Waals surface area contributed by atoms with Crippen LogP contribution in [0.1, 0.15) is 35.2 Å². The van der Waals surface area contributed by atoms with Crippen molar-refractivity contribution in [3.8, 4) is 0 Å². The van der Waals surface area contributed by atoms with Crippen molar-refractivity contribution in [2.45, 2.75) is 33.7 Å². The Balaban J connectivity index is 2.24. The summed E-state index contributed by atoms with van der Waals surface area (Å²) in [5.41, 5.74) is 4.92. The van der Waals surface area contributed by atoms with Gasteiger partial charge in [-0.25, -0.2) is 4.31 Å². The SMILES string of the molecule is Cc1cc(C)c([C@@H](C)NC(=O)CN(c2ccccc2)S(=O)(=O)N(C)C)cc1C. The molecule has 0 heterocycles. The molecule has 0 bridgehead atoms. The van der Waals surface area contributed by atoms with Crippen molar-refractivity contribution in [1.29, 1.82) is 0 Å². The highest BCUT2D eigenvalue weighted by atomic mass is 32.2. The van der Waals surface area contributed by atoms with Gasteiger partial charge in [0.2, 0.25) is 5.91 Å². The number of nitrogens with zero attached hydrogens (tertiary/aromatic N) is 2. The molecule has 0 fully saturated rings. The predicted molar refractivity (Wildman–Crippen MR) is 114 cm³/mol. The largest absolute Gasteiger partial charge is 0.348 e. The number of hydrogen-bond acceptors (Lipinski definition) is 3. The minimum absolute atomic E-state index is 0.230. The van der Waals surface area contributed by atoms with E-state index < -0.39 is 10.2 Å². The number of hydrogen-bond donors (Lipinski definition) is 1. The lowest BCUT2D eigenvalue weighted by atomic mass is 9.96. The Labute approximate surface area is 168 Å². The lowest BCUT2D eigenvalue weighted by Gasteiger charge is -2.27. The third-order valence-electron chi connectivity index (χ3n) is 4.80. The topological polar surface area (TPSA) is 69.7 Å². The van der Waals surface area contributed by atoms with Crippen LogP contribution in [0.4, 0.5) is 5.69 Å². The Kier molecular flexibility index (Phi) is 6.85. The van der Waals surface area contributed by atoms with E-state index >= 15 is 0 Å². The number of aryl methyl sites for hydroxylation is 3. The van der Waals surface area contributed by atoms with Crippen LogP contribution in [-0.2, 0) is 15.0 Å². The molecule has 28 heavy (non-hydrogen) atoms. The summed E-state index contributed by atoms with van der Waals surface area (Å²) in [7, 11) is -0.905. The van der Waals surface area contributed by atoms with Gasteiger partial charge in [0, 0.05) is 14.1 Å². The molecule has 0 aliphatic heterocycles. The van der Waals surface area contributed by atoms with E-state index in [-0.39, 0.29) is 18.5 Å². The summed E-state index contributed by atoms with van der Waals surface area (Å²) in [4.78, 5) is 12.7. The number of anilines is 1. The zero-order chi connectivity index (χ0) is 21.1. The van der Waals surface area contributed by atoms with E-state index in [4.69, 9.17) is 0 Å². The molecule has 0 aliphatic carbocycles. The molecule has 0 aliphatic rings. The molecule has 0 radical (unpaired) electrons. The zero-order valence-corrected chi connectivity index (χ0v) is 18.2. The first-order valence-corrected chi connectivity index (χ1v) is 10.6. The van der Waals surface area contributed by atoms with Crippen molar-refractivity contribution < 1.29 is 13.2 Å². The van der Waals surface area contributed by atoms with Gasteiger partial charge >= 0.3 is 10.2 Å². The summed E-state index contributed by atoms with van der Waals surface area (Å²) in [6.45, 7) is 7.71. The molecule has 0 spiro atoms. The minimum atomic E-state index is -3.80. The molecule has 6 nitrogen and oxygen atoms in total. The summed E-state index contributed by atoms with van der Waals surface area (Å²) in [6, 6.07) is 12.6. The fraction of sp³-hybridized carbons (Fsp3) is 0.381. The van der Waals surface area contributed by atoms with Gasteiger partial charge in [-0.15, -0.1) is 0 Å². The van der Waals surface area contributed by atoms with Gasteiger partial charge in [-0.05, 0) is 62.1 Å². The van der Waals surface area contributed by atoms with E-state index in [2.05, 4.69) is 24.4 Å². The van der Waals surface area contributed by atoms with Crippen LogP contribution >= 0.6 is 0 Å². The highest BCUT2D eigenvalue weighted by Gasteiger charge is 2.27. The normalized spacial score (nSPS) is 12.7. The smallest absolute Gasteiger partial charge is 0.304 e. The molecule has 2 aromatic carbocycles. The fourth-order valence-corrected chi connectivity index (χ4v) is 4.10. The van der Waals surface area contributed by atoms with E-state index in [1.807, 2.05) is 20.8 Å². The maximum atomic E-state index is 12.7. The van der Waals surface area contributed by atoms with Gasteiger partial charge in [-0.3, -0.25) is 4.79 Å². The number of amides is 1. The Morgan fingerprint density at radius 1 is 1.00 bits per heavy atom. The lowest BCUT2D eigenvalue weighted by molar-refractivity contribution is -0.120. The Morgan fingerprint density at radius 2 is 1.57 bits per heavy atom. The highest BCUT2D eigenvalue weighted by molar-refractivity contribution is 7.90. The number of carbonyl (C=O) groups excluding carboxylic acids is 1. The van der Waals surface area contributed by atoms with E-state index in [0.29, 0.717) is 5.69 Å². The molecule has 0 unspecified atom stereocenters. The summed E-state index contributed by atoms with van der Waals surface area (Å²) < 4.78 is 27.7. The van der Waals surface area contributed by atoms with Crippen molar-refractivity contribution >= 4 is 21.8 Å². The monoisotopic (exact) mass is 403 g/mol. The fourth-order valence-electron chi connectivity index (χ4n) is 3.04. The number of para-hydroxylation sites is 1. The van der Waals surface area contributed by atoms with Crippen LogP contribution in [0.3, 0.4) is 0 Å². The Morgan fingerprint density at radius 3 is 2.14 bits per heavy atom. The van der Waals surface area contributed by atoms with Crippen molar-refractivity contribution in [3.05, 3.63) is 64.7 Å². The summed E-state index contributed by atoms with van der Waals surface area (Å²) in [5.74, 6) is -0.362. The first-order valence-electron chi connectivity index (χ1n) is 9.16. The summed E-state index contributed by atoms with van der Waals surface area (Å²) in [5, 5.41) is 2.93. The third-order valence-corrected chi connectivity index (χ3v) is 6.62. The predicted octanol–water partition coefficient (Wildman–Crippen LogP) is 3.10. The zero-order valence-electron chi connectivity index (χ0n) is 17.4. The molecule has 152 valence electrons. The first kappa shape index (κ1) is 21.9. The molecule has 2 rings (SSSR count). The number of rotatable bonds is 7. The second-order valence-electron chi connectivity index (χ2n) is 7.21. The molecular weight excluding hydrogens is 374 g/mol. The number of benzene rings is 2. The molecule has 0 saturated heterocycles. The molecular formula is C21H29N3O3S. The molecule has 1 amide bonds. The average molecular weight is 404 g/mol. The molecule has 1 N–H and O–H groups in total. The van der Waals surface area contributed by atoms with Crippen LogP contribution in [0.5, 0.6) is 0 Å². The van der Waals surface area contributed by atoms with Crippen LogP contribution in [-0.4, -0.2) is 39.3 Å². The van der Waals surface area contributed by atoms with Gasteiger partial charge in [0.15, 0.2) is 0 Å². The van der Waals surface area contributed by atoms with Crippen LogP contribution in [0.15, 0.2) is 42.5 Å². The number of carbonyl (C=O) groups is 1. The van der Waals surface area contributed by atoms with E-state index in [1.54, 1.807) is 30.3 Å². The van der Waals surface area contributed by atoms with Gasteiger partial charge in [0.25, 0.3) is 0 Å². The maximum absolute atomic E-state index is 12.7. The van der Waals surface area contributed by atoms with Crippen molar-refractivity contribution in [2.75, 3.05) is 24.9 Å². The van der Waals surface area contributed by atoms with Crippen molar-refractivity contribution in [1.82, 2.24) is 9.62 Å². The summed E-state index contributed by atoms with van der Waals surface area (Å²) in [6.07, 6.45) is 0. The Hall–Kier alpha value is -2.38. The second-order valence-corrected chi connectivity index (χ2v) is 9.28. The quantitative estimate of drug-likeness (QED) is 0.772. The standard InChI is InChI=1S/C21H29N3O3S/c1-15-12-17(3)20(13-16(15)2)18(4)22-21(25)14-24(28(26,27)23(5)6)19-10-8-7-9-11-19/h7-13,18H,14H2,1-6H3,(H,22,25)/t18-/m1/s1. The molecule has 7 heteroatoms. The average Bonchev–Trinajstić information content (AvgIpc) is 2.63. The summed E-state index contributed by atoms with van der Waals surface area (Å²) >= 11 is 0. The molecule has 0 saturated carbocycles. The van der Waals surface area contributed by atoms with Crippen LogP contribution in [0.25, 0.3) is 0 Å². The molecule has 2 aromatic rings. The maximum Gasteiger partial charge on any atom is 0.304 e. The van der Waals surface area contributed by atoms with Crippen LogP contribution < -0.4 is 9.62 Å². The van der Waals surface area contributed by atoms with Gasteiger partial charge < -0.3 is 5.32 Å². The van der Waals surface area contributed by atoms with Crippen LogP contribution in [0, 0.1) is 20.8 Å². The highest BCUT2D eigenvalue weighted by Crippen LogP contribution is 2.22. The van der Waals surface area contributed by atoms with Gasteiger partial charge in [-0.2, -0.15) is 12.7 Å². The lowest BCUT2D eigenvalue weighted by Crippen LogP contribution is -2.46. The van der Waals surface area contributed by atoms with E-state index in [0.717, 1.165) is 25.3 Å². The van der Waals surface area contributed by atoms with Gasteiger partial charge in [0.1, 0.15) is 6.54 Å². The van der Waals surface area contributed by atoms with Gasteiger partial charge in [0.05, 0.1) is 11.7 Å². The second kappa shape index (κ2) is 8.75. The molecule has 0 aromatic heterocycles. The first-order chi connectivity index (χ1) is 13.0. The van der Waals surface area contributed by atoms with Gasteiger partial charge in [-0.1, -0.05) is 30.3 Å². The van der Waals surface area contributed by atoms with Crippen LogP contribution in [0.2, 0.25) is 0 Å². The van der Waals surface area contributed by atoms with E-state index in [9.17, 15) is 13.2 Å². The van der Waals surface area contributed by atoms with E-state index in [1.165, 1.54) is 19.7 Å². The Bertz CT molecular complexity index is 941.